The average Bonchev–Trinajstić information content (AvgIpc) is 3.30. The van der Waals surface area contributed by atoms with E-state index in [-0.39, 0.29) is 25.6 Å². The molecule has 2 amide bonds. The topological polar surface area (TPSA) is 255 Å². The number of anilines is 1. The van der Waals surface area contributed by atoms with Crippen molar-refractivity contribution in [3.63, 3.8) is 0 Å². The Hall–Kier alpha value is -3.30. The molecule has 1 aromatic carbocycles. The van der Waals surface area contributed by atoms with Crippen molar-refractivity contribution in [3.8, 4) is 0 Å². The first-order chi connectivity index (χ1) is 31.9. The fourth-order valence-corrected chi connectivity index (χ4v) is 4.80. The number of carbonyl (C=O) groups excluding carboxylic acids is 2. The lowest BCUT2D eigenvalue weighted by molar-refractivity contribution is -0.115. The summed E-state index contributed by atoms with van der Waals surface area (Å²) in [5.41, 5.74) is 7.70. The van der Waals surface area contributed by atoms with Crippen molar-refractivity contribution in [3.05, 3.63) is 41.7 Å². The fraction of sp³-hybridized carbons (Fsp3) is 0.767. The summed E-state index contributed by atoms with van der Waals surface area (Å²) in [6.07, 6.45) is 1.89. The van der Waals surface area contributed by atoms with Crippen LogP contribution in [0, 0.1) is 0 Å². The van der Waals surface area contributed by atoms with Gasteiger partial charge in [0, 0.05) is 24.2 Å². The molecule has 0 spiro atoms. The number of hydrazine groups is 1. The fourth-order valence-electron chi connectivity index (χ4n) is 4.80. The molecular formula is C43H80N6O16. The van der Waals surface area contributed by atoms with Crippen LogP contribution in [0.15, 0.2) is 36.2 Å². The zero-order valence-electron chi connectivity index (χ0n) is 38.9. The number of rotatable bonds is 49. The molecule has 0 saturated carbocycles. The number of hydrogen-bond acceptors (Lipinski definition) is 20. The Morgan fingerprint density at radius 2 is 0.862 bits per heavy atom. The number of amides is 2. The molecule has 0 aliphatic carbocycles. The maximum atomic E-state index is 12.0. The number of hydrogen-bond donors (Lipinski definition) is 5. The minimum atomic E-state index is -0.630. The third kappa shape index (κ3) is 43.1. The van der Waals surface area contributed by atoms with Gasteiger partial charge in [-0.25, -0.2) is 10.6 Å². The molecular weight excluding hydrogens is 856 g/mol. The highest BCUT2D eigenvalue weighted by Gasteiger charge is 2.06. The molecule has 1 rings (SSSR count). The van der Waals surface area contributed by atoms with Crippen LogP contribution in [0.1, 0.15) is 18.9 Å². The number of nitrogens with two attached hydrogens (primary N) is 2. The number of nitrogens with zero attached hydrogens (tertiary/aromatic N) is 1. The Bertz CT molecular complexity index is 1240. The van der Waals surface area contributed by atoms with Gasteiger partial charge in [0.15, 0.2) is 0 Å². The van der Waals surface area contributed by atoms with E-state index in [1.807, 2.05) is 0 Å². The van der Waals surface area contributed by atoms with Crippen molar-refractivity contribution in [2.75, 3.05) is 204 Å². The number of likely N-dealkylation sites (N-methyl/N-ethyl adjacent to an activating group) is 1. The number of nitrogens with one attached hydrogen (secondary N) is 3. The monoisotopic (exact) mass is 937 g/mol. The highest BCUT2D eigenvalue weighted by molar-refractivity contribution is 5.92. The zero-order chi connectivity index (χ0) is 46.9. The zero-order valence-corrected chi connectivity index (χ0v) is 38.9. The summed E-state index contributed by atoms with van der Waals surface area (Å²) in [7, 11) is 1.69. The van der Waals surface area contributed by atoms with Gasteiger partial charge < -0.3 is 93.0 Å². The van der Waals surface area contributed by atoms with E-state index in [1.54, 1.807) is 31.3 Å². The minimum Gasteiger partial charge on any atom is -0.445 e. The molecule has 0 atom stereocenters. The second-order valence-electron chi connectivity index (χ2n) is 13.6. The molecule has 378 valence electrons. The van der Waals surface area contributed by atoms with Gasteiger partial charge in [0.1, 0.15) is 6.61 Å². The number of alkyl carbamates (subject to hydrolysis) is 1. The number of benzene rings is 1. The normalized spacial score (nSPS) is 11.6. The number of carbonyl (C=O) groups is 2. The molecule has 1 aromatic rings. The highest BCUT2D eigenvalue weighted by atomic mass is 16.6. The summed E-state index contributed by atoms with van der Waals surface area (Å²) in [6.45, 7) is 15.7. The third-order valence-electron chi connectivity index (χ3n) is 8.02. The van der Waals surface area contributed by atoms with E-state index in [2.05, 4.69) is 22.9 Å². The first-order valence-electron chi connectivity index (χ1n) is 22.4. The molecule has 0 radical (unpaired) electrons. The van der Waals surface area contributed by atoms with E-state index in [0.717, 1.165) is 18.6 Å². The lowest BCUT2D eigenvalue weighted by Crippen LogP contribution is -2.33. The van der Waals surface area contributed by atoms with E-state index >= 15 is 0 Å². The SMILES string of the molecule is CCCOCCOCCOCCOCCOCCOCCOCCOCCOCCOCCOCCOCCOCCN(N)/C=C(\N)CNC(=O)OCc1ccc(NC(=O)CNC)cc1. The summed E-state index contributed by atoms with van der Waals surface area (Å²) < 4.78 is 76.4. The van der Waals surface area contributed by atoms with Crippen molar-refractivity contribution in [1.29, 1.82) is 0 Å². The van der Waals surface area contributed by atoms with E-state index in [4.69, 9.17) is 77.9 Å². The van der Waals surface area contributed by atoms with Crippen LogP contribution < -0.4 is 27.5 Å². The average molecular weight is 937 g/mol. The Balaban J connectivity index is 1.75. The van der Waals surface area contributed by atoms with Crippen LogP contribution in [0.5, 0.6) is 0 Å². The summed E-state index contributed by atoms with van der Waals surface area (Å²) in [5, 5.41) is 9.47. The van der Waals surface area contributed by atoms with Crippen LogP contribution in [0.4, 0.5) is 10.5 Å². The van der Waals surface area contributed by atoms with Crippen molar-refractivity contribution in [2.24, 2.45) is 11.6 Å². The summed E-state index contributed by atoms with van der Waals surface area (Å²) in [6, 6.07) is 6.98. The minimum absolute atomic E-state index is 0.0520. The molecule has 0 unspecified atom stereocenters. The molecule has 0 heterocycles. The van der Waals surface area contributed by atoms with Crippen molar-refractivity contribution >= 4 is 17.7 Å². The van der Waals surface area contributed by atoms with Crippen LogP contribution >= 0.6 is 0 Å². The van der Waals surface area contributed by atoms with Crippen LogP contribution in [-0.4, -0.2) is 215 Å². The van der Waals surface area contributed by atoms with Gasteiger partial charge in [-0.05, 0) is 31.2 Å². The van der Waals surface area contributed by atoms with E-state index in [1.165, 1.54) is 11.2 Å². The molecule has 0 aliphatic rings. The third-order valence-corrected chi connectivity index (χ3v) is 8.02. The summed E-state index contributed by atoms with van der Waals surface area (Å²) in [4.78, 5) is 23.7. The van der Waals surface area contributed by atoms with Gasteiger partial charge in [0.2, 0.25) is 5.91 Å². The summed E-state index contributed by atoms with van der Waals surface area (Å²) in [5.74, 6) is 5.79. The van der Waals surface area contributed by atoms with Gasteiger partial charge in [-0.1, -0.05) is 19.1 Å². The Morgan fingerprint density at radius 3 is 1.20 bits per heavy atom. The Kier molecular flexibility index (Phi) is 43.4. The van der Waals surface area contributed by atoms with E-state index in [9.17, 15) is 9.59 Å². The van der Waals surface area contributed by atoms with Gasteiger partial charge in [-0.3, -0.25) is 4.79 Å². The standard InChI is InChI=1S/C43H80N6O16/c1-3-9-52-11-13-54-15-17-56-19-21-58-23-25-60-27-29-62-31-33-64-34-32-63-30-28-61-26-24-59-22-20-57-18-16-55-14-12-53-10-8-49(45)37-40(44)35-47-43(51)65-38-39-4-6-41(7-5-39)48-42(50)36-46-2/h4-7,37,46H,3,8-36,38,44-45H2,1-2H3,(H,47,51)(H,48,50)/b40-37-. The van der Waals surface area contributed by atoms with Crippen LogP contribution in [0.25, 0.3) is 0 Å². The Labute approximate surface area is 385 Å². The molecule has 0 aromatic heterocycles. The molecule has 0 bridgehead atoms. The maximum Gasteiger partial charge on any atom is 0.407 e. The molecule has 7 N–H and O–H groups in total. The van der Waals surface area contributed by atoms with Crippen LogP contribution in [0.2, 0.25) is 0 Å². The van der Waals surface area contributed by atoms with Gasteiger partial charge in [-0.2, -0.15) is 0 Å². The second-order valence-corrected chi connectivity index (χ2v) is 13.6. The second kappa shape index (κ2) is 47.2. The van der Waals surface area contributed by atoms with E-state index in [0.29, 0.717) is 183 Å². The number of ether oxygens (including phenoxy) is 14. The Morgan fingerprint density at radius 1 is 0.523 bits per heavy atom. The summed E-state index contributed by atoms with van der Waals surface area (Å²) >= 11 is 0. The molecule has 22 nitrogen and oxygen atoms in total. The maximum absolute atomic E-state index is 12.0. The van der Waals surface area contributed by atoms with Crippen LogP contribution in [0.3, 0.4) is 0 Å². The highest BCUT2D eigenvalue weighted by Crippen LogP contribution is 2.10. The molecule has 65 heavy (non-hydrogen) atoms. The predicted molar refractivity (Wildman–Crippen MR) is 241 cm³/mol. The largest absolute Gasteiger partial charge is 0.445 e. The lowest BCUT2D eigenvalue weighted by Gasteiger charge is -2.15. The quantitative estimate of drug-likeness (QED) is 0.0342. The van der Waals surface area contributed by atoms with Gasteiger partial charge in [-0.15, -0.1) is 0 Å². The van der Waals surface area contributed by atoms with Gasteiger partial charge >= 0.3 is 6.09 Å². The molecule has 0 saturated heterocycles. The van der Waals surface area contributed by atoms with Crippen molar-refractivity contribution < 1.29 is 75.9 Å². The van der Waals surface area contributed by atoms with E-state index < -0.39 is 6.09 Å². The van der Waals surface area contributed by atoms with Crippen molar-refractivity contribution in [1.82, 2.24) is 15.6 Å². The smallest absolute Gasteiger partial charge is 0.407 e. The first kappa shape index (κ1) is 59.7. The predicted octanol–water partition coefficient (Wildman–Crippen LogP) is 0.672. The first-order valence-corrected chi connectivity index (χ1v) is 22.4. The molecule has 22 heteroatoms. The van der Waals surface area contributed by atoms with Crippen molar-refractivity contribution in [2.45, 2.75) is 20.0 Å². The lowest BCUT2D eigenvalue weighted by atomic mass is 10.2. The van der Waals surface area contributed by atoms with Gasteiger partial charge in [0.25, 0.3) is 0 Å². The molecule has 0 fully saturated rings. The van der Waals surface area contributed by atoms with Crippen LogP contribution in [-0.2, 0) is 77.7 Å². The molecule has 0 aliphatic heterocycles. The van der Waals surface area contributed by atoms with Gasteiger partial charge in [0.05, 0.1) is 185 Å².